The predicted octanol–water partition coefficient (Wildman–Crippen LogP) is 4.04. The summed E-state index contributed by atoms with van der Waals surface area (Å²) >= 11 is 0. The van der Waals surface area contributed by atoms with E-state index in [9.17, 15) is 9.59 Å². The molecule has 0 aliphatic rings. The molecule has 26 heavy (non-hydrogen) atoms. The summed E-state index contributed by atoms with van der Waals surface area (Å²) in [4.78, 5) is 24.6. The molecule has 0 saturated heterocycles. The number of hydrogen-bond acceptors (Lipinski definition) is 5. The molecule has 0 heterocycles. The van der Waals surface area contributed by atoms with Crippen LogP contribution in [-0.2, 0) is 14.3 Å². The van der Waals surface area contributed by atoms with Gasteiger partial charge < -0.3 is 20.2 Å². The maximum atomic E-state index is 12.5. The Balaban J connectivity index is 3.00. The molecule has 2 N–H and O–H groups in total. The van der Waals surface area contributed by atoms with Crippen LogP contribution in [0.4, 0.5) is 4.79 Å². The van der Waals surface area contributed by atoms with Crippen LogP contribution in [-0.4, -0.2) is 35.5 Å². The molecule has 1 aromatic carbocycles. The number of rotatable bonds is 7. The van der Waals surface area contributed by atoms with Crippen LogP contribution in [0.5, 0.6) is 0 Å². The number of nitrogens with one attached hydrogen (secondary N) is 2. The predicted molar refractivity (Wildman–Crippen MR) is 102 cm³/mol. The molecule has 6 heteroatoms. The highest BCUT2D eigenvalue weighted by Gasteiger charge is 2.30. The number of amides is 1. The second-order valence-electron chi connectivity index (χ2n) is 7.57. The lowest BCUT2D eigenvalue weighted by molar-refractivity contribution is -0.150. The van der Waals surface area contributed by atoms with Crippen molar-refractivity contribution in [3.63, 3.8) is 0 Å². The van der Waals surface area contributed by atoms with Gasteiger partial charge in [-0.25, -0.2) is 9.59 Å². The molecule has 1 rings (SSSR count). The first-order chi connectivity index (χ1) is 12.0. The van der Waals surface area contributed by atoms with Gasteiger partial charge in [-0.15, -0.1) is 0 Å². The summed E-state index contributed by atoms with van der Waals surface area (Å²) in [7, 11) is 0. The Bertz CT molecular complexity index is 620. The van der Waals surface area contributed by atoms with Crippen molar-refractivity contribution in [1.82, 2.24) is 5.32 Å². The van der Waals surface area contributed by atoms with Crippen LogP contribution in [0, 0.1) is 5.41 Å². The standard InChI is InChI=1S/C20H30N2O4/c1-13(2)25-18(23)17(22-19(24)26-20(4,5)6)12-16(14(3)21)15-10-8-7-9-11-15/h7-11,13,16-17,21H,12H2,1-6H3,(H,22,24). The monoisotopic (exact) mass is 362 g/mol. The Kier molecular flexibility index (Phi) is 7.80. The minimum atomic E-state index is -0.905. The maximum absolute atomic E-state index is 12.5. The highest BCUT2D eigenvalue weighted by molar-refractivity contribution is 5.88. The summed E-state index contributed by atoms with van der Waals surface area (Å²) in [5, 5.41) is 10.7. The molecular weight excluding hydrogens is 332 g/mol. The number of alkyl carbamates (subject to hydrolysis) is 1. The van der Waals surface area contributed by atoms with Crippen molar-refractivity contribution in [3.8, 4) is 0 Å². The fourth-order valence-corrected chi connectivity index (χ4v) is 2.46. The van der Waals surface area contributed by atoms with E-state index in [1.54, 1.807) is 41.5 Å². The highest BCUT2D eigenvalue weighted by atomic mass is 16.6. The van der Waals surface area contributed by atoms with Gasteiger partial charge in [-0.2, -0.15) is 0 Å². The van der Waals surface area contributed by atoms with Gasteiger partial charge in [0.2, 0.25) is 0 Å². The number of esters is 1. The normalized spacial score (nSPS) is 13.7. The SMILES string of the molecule is CC(=N)C(CC(NC(=O)OC(C)(C)C)C(=O)OC(C)C)c1ccccc1. The van der Waals surface area contributed by atoms with E-state index in [2.05, 4.69) is 5.32 Å². The molecule has 2 unspecified atom stereocenters. The van der Waals surface area contributed by atoms with Gasteiger partial charge in [0.25, 0.3) is 0 Å². The Morgan fingerprint density at radius 1 is 1.15 bits per heavy atom. The Morgan fingerprint density at radius 3 is 2.19 bits per heavy atom. The molecule has 1 amide bonds. The molecular formula is C20H30N2O4. The third-order valence-corrected chi connectivity index (χ3v) is 3.52. The first-order valence-corrected chi connectivity index (χ1v) is 8.79. The maximum Gasteiger partial charge on any atom is 0.408 e. The zero-order valence-electron chi connectivity index (χ0n) is 16.5. The first kappa shape index (κ1) is 21.7. The molecule has 0 radical (unpaired) electrons. The smallest absolute Gasteiger partial charge is 0.408 e. The van der Waals surface area contributed by atoms with E-state index in [4.69, 9.17) is 14.9 Å². The lowest BCUT2D eigenvalue weighted by Crippen LogP contribution is -2.46. The summed E-state index contributed by atoms with van der Waals surface area (Å²) in [6.07, 6.45) is -0.760. The van der Waals surface area contributed by atoms with Gasteiger partial charge in [-0.05, 0) is 53.5 Å². The lowest BCUT2D eigenvalue weighted by Gasteiger charge is -2.26. The minimum Gasteiger partial charge on any atom is -0.461 e. The van der Waals surface area contributed by atoms with Crippen LogP contribution in [0.1, 0.15) is 59.4 Å². The van der Waals surface area contributed by atoms with E-state index >= 15 is 0 Å². The Labute approximate surface area is 155 Å². The van der Waals surface area contributed by atoms with E-state index in [0.29, 0.717) is 5.71 Å². The van der Waals surface area contributed by atoms with Crippen LogP contribution in [0.25, 0.3) is 0 Å². The molecule has 0 aliphatic carbocycles. The van der Waals surface area contributed by atoms with Gasteiger partial charge in [0.15, 0.2) is 0 Å². The van der Waals surface area contributed by atoms with Crippen molar-refractivity contribution in [1.29, 1.82) is 5.41 Å². The van der Waals surface area contributed by atoms with Gasteiger partial charge in [0.05, 0.1) is 6.10 Å². The van der Waals surface area contributed by atoms with Crippen molar-refractivity contribution in [2.75, 3.05) is 0 Å². The van der Waals surface area contributed by atoms with Crippen LogP contribution < -0.4 is 5.32 Å². The van der Waals surface area contributed by atoms with Crippen molar-refractivity contribution < 1.29 is 19.1 Å². The van der Waals surface area contributed by atoms with Gasteiger partial charge >= 0.3 is 12.1 Å². The molecule has 0 fully saturated rings. The number of carbonyl (C=O) groups excluding carboxylic acids is 2. The molecule has 2 atom stereocenters. The van der Waals surface area contributed by atoms with Crippen LogP contribution >= 0.6 is 0 Å². The third-order valence-electron chi connectivity index (χ3n) is 3.52. The second kappa shape index (κ2) is 9.36. The zero-order chi connectivity index (χ0) is 19.9. The fourth-order valence-electron chi connectivity index (χ4n) is 2.46. The summed E-state index contributed by atoms with van der Waals surface area (Å²) in [6.45, 7) is 10.4. The first-order valence-electron chi connectivity index (χ1n) is 8.79. The topological polar surface area (TPSA) is 88.5 Å². The Morgan fingerprint density at radius 2 is 1.73 bits per heavy atom. The van der Waals surface area contributed by atoms with Gasteiger partial charge in [-0.1, -0.05) is 30.3 Å². The summed E-state index contributed by atoms with van der Waals surface area (Å²) < 4.78 is 10.5. The summed E-state index contributed by atoms with van der Waals surface area (Å²) in [5.74, 6) is -0.844. The largest absolute Gasteiger partial charge is 0.461 e. The van der Waals surface area contributed by atoms with Gasteiger partial charge in [0, 0.05) is 11.6 Å². The van der Waals surface area contributed by atoms with Crippen LogP contribution in [0.2, 0.25) is 0 Å². The zero-order valence-corrected chi connectivity index (χ0v) is 16.5. The molecule has 0 spiro atoms. The minimum absolute atomic E-state index is 0.226. The Hall–Kier alpha value is -2.37. The van der Waals surface area contributed by atoms with E-state index in [1.165, 1.54) is 0 Å². The van der Waals surface area contributed by atoms with Crippen LogP contribution in [0.15, 0.2) is 30.3 Å². The van der Waals surface area contributed by atoms with Crippen LogP contribution in [0.3, 0.4) is 0 Å². The average molecular weight is 362 g/mol. The quantitative estimate of drug-likeness (QED) is 0.566. The summed E-state index contributed by atoms with van der Waals surface area (Å²) in [5.41, 5.74) is 0.644. The number of carbonyl (C=O) groups is 2. The molecule has 0 aliphatic heterocycles. The molecule has 0 bridgehead atoms. The third kappa shape index (κ3) is 7.68. The second-order valence-corrected chi connectivity index (χ2v) is 7.57. The summed E-state index contributed by atoms with van der Waals surface area (Å²) in [6, 6.07) is 8.56. The molecule has 0 aromatic heterocycles. The molecule has 144 valence electrons. The fraction of sp³-hybridized carbons (Fsp3) is 0.550. The van der Waals surface area contributed by atoms with E-state index in [-0.39, 0.29) is 18.4 Å². The highest BCUT2D eigenvalue weighted by Crippen LogP contribution is 2.23. The molecule has 1 aromatic rings. The lowest BCUT2D eigenvalue weighted by atomic mass is 9.88. The number of hydrogen-bond donors (Lipinski definition) is 2. The molecule has 6 nitrogen and oxygen atoms in total. The van der Waals surface area contributed by atoms with E-state index in [1.807, 2.05) is 30.3 Å². The van der Waals surface area contributed by atoms with E-state index in [0.717, 1.165) is 5.56 Å². The van der Waals surface area contributed by atoms with Gasteiger partial charge in [-0.3, -0.25) is 0 Å². The van der Waals surface area contributed by atoms with Gasteiger partial charge in [0.1, 0.15) is 11.6 Å². The molecule has 0 saturated carbocycles. The van der Waals surface area contributed by atoms with Crippen molar-refractivity contribution >= 4 is 17.8 Å². The van der Waals surface area contributed by atoms with E-state index < -0.39 is 23.7 Å². The van der Waals surface area contributed by atoms with Crippen molar-refractivity contribution in [3.05, 3.63) is 35.9 Å². The number of benzene rings is 1. The number of ether oxygens (including phenoxy) is 2. The average Bonchev–Trinajstić information content (AvgIpc) is 2.49. The van der Waals surface area contributed by atoms with Crippen molar-refractivity contribution in [2.45, 2.75) is 71.6 Å². The van der Waals surface area contributed by atoms with Crippen molar-refractivity contribution in [2.24, 2.45) is 0 Å².